The van der Waals surface area contributed by atoms with Crippen LogP contribution < -0.4 is 5.43 Å². The molecule has 0 atom stereocenters. The highest BCUT2D eigenvalue weighted by Gasteiger charge is 2.33. The molecule has 1 amide bonds. The summed E-state index contributed by atoms with van der Waals surface area (Å²) in [4.78, 5) is 23.8. The predicted octanol–water partition coefficient (Wildman–Crippen LogP) is 2.73. The van der Waals surface area contributed by atoms with Crippen LogP contribution >= 0.6 is 0 Å². The summed E-state index contributed by atoms with van der Waals surface area (Å²) < 4.78 is 21.5. The predicted molar refractivity (Wildman–Crippen MR) is 101 cm³/mol. The number of furan rings is 1. The van der Waals surface area contributed by atoms with Crippen molar-refractivity contribution in [3.63, 3.8) is 0 Å². The second-order valence-corrected chi connectivity index (χ2v) is 6.30. The molecule has 1 fully saturated rings. The Labute approximate surface area is 162 Å². The summed E-state index contributed by atoms with van der Waals surface area (Å²) >= 11 is 0. The van der Waals surface area contributed by atoms with Crippen LogP contribution in [0.4, 0.5) is 0 Å². The summed E-state index contributed by atoms with van der Waals surface area (Å²) in [5, 5.41) is 3.89. The maximum atomic E-state index is 11.9. The number of esters is 1. The molecular weight excluding hydrogens is 364 g/mol. The van der Waals surface area contributed by atoms with Crippen LogP contribution in [0.2, 0.25) is 0 Å². The van der Waals surface area contributed by atoms with Gasteiger partial charge in [-0.1, -0.05) is 12.1 Å². The number of hydrazone groups is 1. The number of hydrogen-bond acceptors (Lipinski definition) is 7. The number of carbonyl (C=O) groups excluding carboxylic acids is 2. The second kappa shape index (κ2) is 8.81. The highest BCUT2D eigenvalue weighted by molar-refractivity contribution is 5.91. The number of benzene rings is 1. The standard InChI is InChI=1S/C20H22N2O6/c1-3-25-19(24)15-6-4-5-14(11-15)17-8-7-16(28-17)13-21-22-18(23)12-20(2)26-9-10-27-20/h4-8,11,13H,3,9-10,12H2,1-2H3,(H,22,23)/b21-13-. The topological polar surface area (TPSA) is 99.4 Å². The third-order valence-electron chi connectivity index (χ3n) is 4.05. The molecule has 1 saturated heterocycles. The van der Waals surface area contributed by atoms with Gasteiger partial charge in [0.25, 0.3) is 0 Å². The molecule has 0 aliphatic carbocycles. The van der Waals surface area contributed by atoms with E-state index in [0.717, 1.165) is 5.56 Å². The quantitative estimate of drug-likeness (QED) is 0.446. The highest BCUT2D eigenvalue weighted by Crippen LogP contribution is 2.23. The Balaban J connectivity index is 1.59. The molecule has 1 N–H and O–H groups in total. The van der Waals surface area contributed by atoms with Gasteiger partial charge in [0, 0.05) is 5.56 Å². The zero-order valence-corrected chi connectivity index (χ0v) is 15.8. The van der Waals surface area contributed by atoms with Crippen molar-refractivity contribution in [3.8, 4) is 11.3 Å². The molecule has 2 heterocycles. The summed E-state index contributed by atoms with van der Waals surface area (Å²) in [5.74, 6) is -0.587. The molecule has 0 unspecified atom stereocenters. The molecule has 0 bridgehead atoms. The van der Waals surface area contributed by atoms with Gasteiger partial charge in [-0.05, 0) is 38.1 Å². The van der Waals surface area contributed by atoms with Crippen molar-refractivity contribution in [2.45, 2.75) is 26.1 Å². The van der Waals surface area contributed by atoms with Crippen molar-refractivity contribution in [1.29, 1.82) is 0 Å². The highest BCUT2D eigenvalue weighted by atomic mass is 16.7. The smallest absolute Gasteiger partial charge is 0.338 e. The lowest BCUT2D eigenvalue weighted by atomic mass is 10.1. The number of hydrogen-bond donors (Lipinski definition) is 1. The van der Waals surface area contributed by atoms with Crippen molar-refractivity contribution in [2.24, 2.45) is 5.10 Å². The lowest BCUT2D eigenvalue weighted by molar-refractivity contribution is -0.159. The van der Waals surface area contributed by atoms with Crippen LogP contribution in [0.5, 0.6) is 0 Å². The third-order valence-corrected chi connectivity index (χ3v) is 4.05. The monoisotopic (exact) mass is 386 g/mol. The third kappa shape index (κ3) is 5.05. The Bertz CT molecular complexity index is 867. The molecule has 0 radical (unpaired) electrons. The SMILES string of the molecule is CCOC(=O)c1cccc(-c2ccc(/C=N\NC(=O)CC3(C)OCCO3)o2)c1. The summed E-state index contributed by atoms with van der Waals surface area (Å²) in [7, 11) is 0. The molecule has 8 nitrogen and oxygen atoms in total. The maximum Gasteiger partial charge on any atom is 0.338 e. The van der Waals surface area contributed by atoms with Gasteiger partial charge in [0.05, 0.1) is 38.0 Å². The van der Waals surface area contributed by atoms with Gasteiger partial charge in [-0.25, -0.2) is 10.2 Å². The normalized spacial score (nSPS) is 15.6. The van der Waals surface area contributed by atoms with Crippen LogP contribution in [-0.4, -0.2) is 43.7 Å². The first-order valence-electron chi connectivity index (χ1n) is 8.96. The lowest BCUT2D eigenvalue weighted by Crippen LogP contribution is -2.33. The fourth-order valence-corrected chi connectivity index (χ4v) is 2.75. The van der Waals surface area contributed by atoms with E-state index in [-0.39, 0.29) is 18.3 Å². The van der Waals surface area contributed by atoms with E-state index >= 15 is 0 Å². The lowest BCUT2D eigenvalue weighted by Gasteiger charge is -2.20. The van der Waals surface area contributed by atoms with Crippen LogP contribution in [0.15, 0.2) is 45.9 Å². The molecule has 1 aliphatic rings. The van der Waals surface area contributed by atoms with Crippen LogP contribution in [0.25, 0.3) is 11.3 Å². The molecule has 1 aromatic heterocycles. The molecular formula is C20H22N2O6. The fourth-order valence-electron chi connectivity index (χ4n) is 2.75. The van der Waals surface area contributed by atoms with Crippen LogP contribution in [0.1, 0.15) is 36.4 Å². The van der Waals surface area contributed by atoms with E-state index in [2.05, 4.69) is 10.5 Å². The van der Waals surface area contributed by atoms with E-state index < -0.39 is 5.79 Å². The van der Waals surface area contributed by atoms with E-state index in [1.54, 1.807) is 44.2 Å². The largest absolute Gasteiger partial charge is 0.462 e. The molecule has 0 spiro atoms. The first-order chi connectivity index (χ1) is 13.5. The molecule has 1 aliphatic heterocycles. The number of amides is 1. The Kier molecular flexibility index (Phi) is 6.23. The van der Waals surface area contributed by atoms with Gasteiger partial charge in [0.1, 0.15) is 11.5 Å². The summed E-state index contributed by atoms with van der Waals surface area (Å²) in [6, 6.07) is 10.4. The van der Waals surface area contributed by atoms with Gasteiger partial charge in [0.2, 0.25) is 5.91 Å². The van der Waals surface area contributed by atoms with Crippen molar-refractivity contribution >= 4 is 18.1 Å². The van der Waals surface area contributed by atoms with Crippen molar-refractivity contribution in [2.75, 3.05) is 19.8 Å². The second-order valence-electron chi connectivity index (χ2n) is 6.30. The van der Waals surface area contributed by atoms with Gasteiger partial charge >= 0.3 is 5.97 Å². The van der Waals surface area contributed by atoms with Gasteiger partial charge in [-0.2, -0.15) is 5.10 Å². The van der Waals surface area contributed by atoms with Gasteiger partial charge in [0.15, 0.2) is 5.79 Å². The van der Waals surface area contributed by atoms with Crippen molar-refractivity contribution < 1.29 is 28.2 Å². The molecule has 0 saturated carbocycles. The van der Waals surface area contributed by atoms with Gasteiger partial charge in [-0.3, -0.25) is 4.79 Å². The van der Waals surface area contributed by atoms with Crippen molar-refractivity contribution in [3.05, 3.63) is 47.7 Å². The zero-order valence-electron chi connectivity index (χ0n) is 15.8. The molecule has 28 heavy (non-hydrogen) atoms. The van der Waals surface area contributed by atoms with Gasteiger partial charge < -0.3 is 18.6 Å². The number of ether oxygens (including phenoxy) is 3. The van der Waals surface area contributed by atoms with E-state index in [1.165, 1.54) is 6.21 Å². The Morgan fingerprint density at radius 1 is 1.25 bits per heavy atom. The maximum absolute atomic E-state index is 11.9. The molecule has 8 heteroatoms. The van der Waals surface area contributed by atoms with E-state index in [9.17, 15) is 9.59 Å². The Morgan fingerprint density at radius 2 is 2.04 bits per heavy atom. The first kappa shape index (κ1) is 19.8. The van der Waals surface area contributed by atoms with Crippen molar-refractivity contribution in [1.82, 2.24) is 5.43 Å². The number of carbonyl (C=O) groups is 2. The van der Waals surface area contributed by atoms with Crippen LogP contribution in [-0.2, 0) is 19.0 Å². The number of nitrogens with one attached hydrogen (secondary N) is 1. The fraction of sp³-hybridized carbons (Fsp3) is 0.350. The number of rotatable bonds is 7. The minimum absolute atomic E-state index is 0.0500. The minimum Gasteiger partial charge on any atom is -0.462 e. The average Bonchev–Trinajstić information content (AvgIpc) is 3.31. The average molecular weight is 386 g/mol. The van der Waals surface area contributed by atoms with Gasteiger partial charge in [-0.15, -0.1) is 0 Å². The Hall–Kier alpha value is -2.97. The van der Waals surface area contributed by atoms with E-state index in [0.29, 0.717) is 36.9 Å². The molecule has 1 aromatic carbocycles. The molecule has 148 valence electrons. The molecule has 3 rings (SSSR count). The minimum atomic E-state index is -0.901. The molecule has 2 aromatic rings. The van der Waals surface area contributed by atoms with E-state index in [4.69, 9.17) is 18.6 Å². The Morgan fingerprint density at radius 3 is 2.79 bits per heavy atom. The summed E-state index contributed by atoms with van der Waals surface area (Å²) in [6.07, 6.45) is 1.45. The summed E-state index contributed by atoms with van der Waals surface area (Å²) in [6.45, 7) is 4.73. The number of nitrogens with zero attached hydrogens (tertiary/aromatic N) is 1. The first-order valence-corrected chi connectivity index (χ1v) is 8.96. The summed E-state index contributed by atoms with van der Waals surface area (Å²) in [5.41, 5.74) is 3.60. The van der Waals surface area contributed by atoms with Crippen LogP contribution in [0.3, 0.4) is 0 Å². The van der Waals surface area contributed by atoms with Crippen LogP contribution in [0, 0.1) is 0 Å². The van der Waals surface area contributed by atoms with E-state index in [1.807, 2.05) is 6.07 Å². The zero-order chi connectivity index (χ0) is 20.0.